The number of hydrogen-bond acceptors (Lipinski definition) is 1. The van der Waals surface area contributed by atoms with Gasteiger partial charge in [0.15, 0.2) is 0 Å². The highest BCUT2D eigenvalue weighted by atomic mass is 19.1. The van der Waals surface area contributed by atoms with E-state index in [2.05, 4.69) is 5.32 Å². The average Bonchev–Trinajstić information content (AvgIpc) is 2.70. The van der Waals surface area contributed by atoms with E-state index < -0.39 is 17.5 Å². The molecule has 1 aliphatic rings. The molecule has 0 heterocycles. The second-order valence-corrected chi connectivity index (χ2v) is 4.08. The fourth-order valence-corrected chi connectivity index (χ4v) is 2.01. The summed E-state index contributed by atoms with van der Waals surface area (Å²) in [5, 5.41) is 2.75. The van der Waals surface area contributed by atoms with Crippen LogP contribution in [0.15, 0.2) is 18.2 Å². The van der Waals surface area contributed by atoms with Gasteiger partial charge in [0.25, 0.3) is 5.91 Å². The van der Waals surface area contributed by atoms with Crippen LogP contribution in [0.4, 0.5) is 8.78 Å². The van der Waals surface area contributed by atoms with Gasteiger partial charge in [-0.25, -0.2) is 8.78 Å². The number of benzene rings is 1. The van der Waals surface area contributed by atoms with Gasteiger partial charge in [-0.3, -0.25) is 4.79 Å². The Morgan fingerprint density at radius 2 is 1.94 bits per heavy atom. The second-order valence-electron chi connectivity index (χ2n) is 4.08. The SMILES string of the molecule is O=C(NC1CCCC1)c1ccc(F)cc1F. The van der Waals surface area contributed by atoms with E-state index in [1.165, 1.54) is 6.07 Å². The van der Waals surface area contributed by atoms with Crippen LogP contribution in [0.3, 0.4) is 0 Å². The zero-order chi connectivity index (χ0) is 11.5. The van der Waals surface area contributed by atoms with Gasteiger partial charge in [-0.1, -0.05) is 12.8 Å². The molecule has 1 aromatic rings. The van der Waals surface area contributed by atoms with Crippen LogP contribution in [0.1, 0.15) is 36.0 Å². The Morgan fingerprint density at radius 1 is 1.25 bits per heavy atom. The number of nitrogens with one attached hydrogen (secondary N) is 1. The van der Waals surface area contributed by atoms with Crippen LogP contribution < -0.4 is 5.32 Å². The van der Waals surface area contributed by atoms with E-state index in [0.717, 1.165) is 37.8 Å². The number of hydrogen-bond donors (Lipinski definition) is 1. The van der Waals surface area contributed by atoms with Crippen LogP contribution in [0, 0.1) is 11.6 Å². The quantitative estimate of drug-likeness (QED) is 0.823. The molecule has 2 nitrogen and oxygen atoms in total. The third kappa shape index (κ3) is 2.38. The summed E-state index contributed by atoms with van der Waals surface area (Å²) in [5.41, 5.74) is -0.0895. The largest absolute Gasteiger partial charge is 0.349 e. The van der Waals surface area contributed by atoms with Crippen molar-refractivity contribution in [3.05, 3.63) is 35.4 Å². The van der Waals surface area contributed by atoms with E-state index >= 15 is 0 Å². The first kappa shape index (κ1) is 11.0. The smallest absolute Gasteiger partial charge is 0.254 e. The lowest BCUT2D eigenvalue weighted by atomic mass is 10.1. The minimum atomic E-state index is -0.810. The topological polar surface area (TPSA) is 29.1 Å². The van der Waals surface area contributed by atoms with Crippen molar-refractivity contribution in [1.82, 2.24) is 5.32 Å². The van der Waals surface area contributed by atoms with Gasteiger partial charge in [0, 0.05) is 12.1 Å². The normalized spacial score (nSPS) is 16.4. The molecule has 0 unspecified atom stereocenters. The maximum absolute atomic E-state index is 13.3. The zero-order valence-electron chi connectivity index (χ0n) is 8.80. The van der Waals surface area contributed by atoms with Gasteiger partial charge in [-0.2, -0.15) is 0 Å². The van der Waals surface area contributed by atoms with E-state index in [9.17, 15) is 13.6 Å². The summed E-state index contributed by atoms with van der Waals surface area (Å²) in [6.45, 7) is 0. The lowest BCUT2D eigenvalue weighted by molar-refractivity contribution is 0.0933. The maximum Gasteiger partial charge on any atom is 0.254 e. The average molecular weight is 225 g/mol. The molecule has 0 radical (unpaired) electrons. The number of carbonyl (C=O) groups is 1. The molecule has 2 rings (SSSR count). The van der Waals surface area contributed by atoms with Crippen LogP contribution in [0.5, 0.6) is 0 Å². The van der Waals surface area contributed by atoms with Crippen LogP contribution in [0.2, 0.25) is 0 Å². The molecule has 0 aliphatic heterocycles. The molecule has 1 aromatic carbocycles. The Balaban J connectivity index is 2.08. The number of amides is 1. The Morgan fingerprint density at radius 3 is 2.56 bits per heavy atom. The van der Waals surface area contributed by atoms with E-state index in [1.54, 1.807) is 0 Å². The zero-order valence-corrected chi connectivity index (χ0v) is 8.80. The lowest BCUT2D eigenvalue weighted by Gasteiger charge is -2.12. The lowest BCUT2D eigenvalue weighted by Crippen LogP contribution is -2.33. The summed E-state index contributed by atoms with van der Waals surface area (Å²) in [6, 6.07) is 3.13. The van der Waals surface area contributed by atoms with Crippen molar-refractivity contribution in [2.75, 3.05) is 0 Å². The molecule has 0 atom stereocenters. The van der Waals surface area contributed by atoms with Gasteiger partial charge in [0.2, 0.25) is 0 Å². The van der Waals surface area contributed by atoms with Gasteiger partial charge in [-0.05, 0) is 25.0 Å². The van der Waals surface area contributed by atoms with Crippen LogP contribution >= 0.6 is 0 Å². The van der Waals surface area contributed by atoms with Crippen molar-refractivity contribution >= 4 is 5.91 Å². The first-order valence-electron chi connectivity index (χ1n) is 5.43. The van der Waals surface area contributed by atoms with Crippen LogP contribution in [0.25, 0.3) is 0 Å². The first-order chi connectivity index (χ1) is 7.66. The molecule has 0 bridgehead atoms. The van der Waals surface area contributed by atoms with Crippen molar-refractivity contribution in [1.29, 1.82) is 0 Å². The summed E-state index contributed by atoms with van der Waals surface area (Å²) < 4.78 is 25.9. The Hall–Kier alpha value is -1.45. The van der Waals surface area contributed by atoms with Crippen molar-refractivity contribution in [3.63, 3.8) is 0 Å². The summed E-state index contributed by atoms with van der Waals surface area (Å²) in [5.74, 6) is -1.94. The van der Waals surface area contributed by atoms with Gasteiger partial charge in [-0.15, -0.1) is 0 Å². The fraction of sp³-hybridized carbons (Fsp3) is 0.417. The fourth-order valence-electron chi connectivity index (χ4n) is 2.01. The summed E-state index contributed by atoms with van der Waals surface area (Å²) in [7, 11) is 0. The predicted octanol–water partition coefficient (Wildman–Crippen LogP) is 2.64. The number of carbonyl (C=O) groups excluding carboxylic acids is 1. The van der Waals surface area contributed by atoms with E-state index in [-0.39, 0.29) is 11.6 Å². The van der Waals surface area contributed by atoms with Crippen molar-refractivity contribution in [3.8, 4) is 0 Å². The molecular formula is C12H13F2NO. The minimum Gasteiger partial charge on any atom is -0.349 e. The monoisotopic (exact) mass is 225 g/mol. The Labute approximate surface area is 92.7 Å². The maximum atomic E-state index is 13.3. The van der Waals surface area contributed by atoms with Gasteiger partial charge in [0.1, 0.15) is 11.6 Å². The summed E-state index contributed by atoms with van der Waals surface area (Å²) >= 11 is 0. The minimum absolute atomic E-state index is 0.0895. The number of rotatable bonds is 2. The van der Waals surface area contributed by atoms with Gasteiger partial charge in [0.05, 0.1) is 5.56 Å². The molecular weight excluding hydrogens is 212 g/mol. The standard InChI is InChI=1S/C12H13F2NO/c13-8-5-6-10(11(14)7-8)12(16)15-9-3-1-2-4-9/h5-7,9H,1-4H2,(H,15,16). The molecule has 1 fully saturated rings. The molecule has 86 valence electrons. The molecule has 16 heavy (non-hydrogen) atoms. The highest BCUT2D eigenvalue weighted by Gasteiger charge is 2.19. The van der Waals surface area contributed by atoms with Crippen LogP contribution in [-0.4, -0.2) is 11.9 Å². The molecule has 1 aliphatic carbocycles. The third-order valence-electron chi connectivity index (χ3n) is 2.87. The van der Waals surface area contributed by atoms with Gasteiger partial charge >= 0.3 is 0 Å². The Kier molecular flexibility index (Phi) is 3.17. The molecule has 1 saturated carbocycles. The molecule has 0 aromatic heterocycles. The molecule has 1 N–H and O–H groups in total. The molecule has 0 saturated heterocycles. The molecule has 1 amide bonds. The Bertz CT molecular complexity index is 400. The molecule has 4 heteroatoms. The third-order valence-corrected chi connectivity index (χ3v) is 2.87. The highest BCUT2D eigenvalue weighted by molar-refractivity contribution is 5.94. The number of halogens is 2. The van der Waals surface area contributed by atoms with E-state index in [0.29, 0.717) is 0 Å². The predicted molar refractivity (Wildman–Crippen MR) is 56.1 cm³/mol. The van der Waals surface area contributed by atoms with E-state index in [1.807, 2.05) is 0 Å². The second kappa shape index (κ2) is 4.60. The van der Waals surface area contributed by atoms with E-state index in [4.69, 9.17) is 0 Å². The van der Waals surface area contributed by atoms with Crippen molar-refractivity contribution < 1.29 is 13.6 Å². The van der Waals surface area contributed by atoms with Gasteiger partial charge < -0.3 is 5.32 Å². The highest BCUT2D eigenvalue weighted by Crippen LogP contribution is 2.18. The first-order valence-corrected chi connectivity index (χ1v) is 5.43. The van der Waals surface area contributed by atoms with Crippen LogP contribution in [-0.2, 0) is 0 Å². The van der Waals surface area contributed by atoms with Crippen molar-refractivity contribution in [2.45, 2.75) is 31.7 Å². The summed E-state index contributed by atoms with van der Waals surface area (Å²) in [6.07, 6.45) is 4.07. The summed E-state index contributed by atoms with van der Waals surface area (Å²) in [4.78, 5) is 11.7. The van der Waals surface area contributed by atoms with Crippen molar-refractivity contribution in [2.24, 2.45) is 0 Å². The molecule has 0 spiro atoms.